The number of likely N-dealkylation sites (tertiary alicyclic amines) is 1. The topological polar surface area (TPSA) is 127 Å². The van der Waals surface area contributed by atoms with Crippen molar-refractivity contribution in [3.05, 3.63) is 60.2 Å². The first-order valence-electron chi connectivity index (χ1n) is 11.2. The van der Waals surface area contributed by atoms with Gasteiger partial charge >= 0.3 is 0 Å². The van der Waals surface area contributed by atoms with Crippen molar-refractivity contribution in [2.24, 2.45) is 0 Å². The van der Waals surface area contributed by atoms with Gasteiger partial charge in [0.25, 0.3) is 5.91 Å². The first-order chi connectivity index (χ1) is 16.9. The van der Waals surface area contributed by atoms with E-state index in [9.17, 15) is 14.7 Å². The summed E-state index contributed by atoms with van der Waals surface area (Å²) < 4.78 is 8.59. The Balaban J connectivity index is 1.54. The number of anilines is 1. The zero-order valence-corrected chi connectivity index (χ0v) is 19.5. The van der Waals surface area contributed by atoms with Crippen LogP contribution in [-0.4, -0.2) is 72.5 Å². The zero-order valence-electron chi connectivity index (χ0n) is 19.5. The van der Waals surface area contributed by atoms with Crippen molar-refractivity contribution in [1.29, 1.82) is 0 Å². The highest BCUT2D eigenvalue weighted by molar-refractivity contribution is 6.09. The standard InChI is InChI=1S/C24H25N7O4/c1-14-5-6-20(35-3)17(9-14)21-19(13-31(28-21)15(2)24(34)29-11-16(32)12-29)27-23(33)18-10-26-30-8-4-7-25-22(18)30/h4-10,13,15-16,32H,11-12H2,1-3H3,(H,27,33). The number of benzene rings is 1. The lowest BCUT2D eigenvalue weighted by atomic mass is 10.1. The molecule has 1 atom stereocenters. The summed E-state index contributed by atoms with van der Waals surface area (Å²) in [6.07, 6.45) is 5.89. The maximum Gasteiger partial charge on any atom is 0.261 e. The van der Waals surface area contributed by atoms with Crippen LogP contribution in [0.15, 0.2) is 49.1 Å². The van der Waals surface area contributed by atoms with Crippen molar-refractivity contribution in [2.45, 2.75) is 26.0 Å². The molecule has 5 rings (SSSR count). The number of aryl methyl sites for hydroxylation is 1. The molecule has 0 radical (unpaired) electrons. The maximum atomic E-state index is 13.2. The summed E-state index contributed by atoms with van der Waals surface area (Å²) in [5.74, 6) is 0.0140. The van der Waals surface area contributed by atoms with Crippen LogP contribution in [0.5, 0.6) is 5.75 Å². The number of rotatable bonds is 6. The fourth-order valence-corrected chi connectivity index (χ4v) is 4.08. The van der Waals surface area contributed by atoms with Gasteiger partial charge in [-0.3, -0.25) is 14.3 Å². The number of amides is 2. The Morgan fingerprint density at radius 2 is 2.09 bits per heavy atom. The van der Waals surface area contributed by atoms with E-state index in [0.29, 0.717) is 47.0 Å². The summed E-state index contributed by atoms with van der Waals surface area (Å²) in [7, 11) is 1.56. The second-order valence-electron chi connectivity index (χ2n) is 8.55. The van der Waals surface area contributed by atoms with E-state index < -0.39 is 18.1 Å². The van der Waals surface area contributed by atoms with Crippen molar-refractivity contribution >= 4 is 23.1 Å². The molecular formula is C24H25N7O4. The van der Waals surface area contributed by atoms with Crippen LogP contribution in [0.2, 0.25) is 0 Å². The molecule has 1 aromatic carbocycles. The second kappa shape index (κ2) is 8.84. The molecule has 1 fully saturated rings. The molecule has 0 aliphatic carbocycles. The number of fused-ring (bicyclic) bond motifs is 1. The van der Waals surface area contributed by atoms with E-state index >= 15 is 0 Å². The van der Waals surface area contributed by atoms with E-state index in [1.54, 1.807) is 43.6 Å². The molecule has 1 unspecified atom stereocenters. The normalized spacial score (nSPS) is 14.6. The molecule has 3 aromatic heterocycles. The van der Waals surface area contributed by atoms with Crippen molar-refractivity contribution in [3.63, 3.8) is 0 Å². The van der Waals surface area contributed by atoms with Crippen LogP contribution in [-0.2, 0) is 4.79 Å². The molecule has 1 aliphatic rings. The average molecular weight is 476 g/mol. The summed E-state index contributed by atoms with van der Waals surface area (Å²) in [6.45, 7) is 4.28. The minimum absolute atomic E-state index is 0.162. The Morgan fingerprint density at radius 1 is 1.29 bits per heavy atom. The van der Waals surface area contributed by atoms with Crippen molar-refractivity contribution < 1.29 is 19.4 Å². The summed E-state index contributed by atoms with van der Waals surface area (Å²) in [5, 5.41) is 21.4. The largest absolute Gasteiger partial charge is 0.496 e. The number of hydrogen-bond donors (Lipinski definition) is 2. The minimum Gasteiger partial charge on any atom is -0.496 e. The lowest BCUT2D eigenvalue weighted by Crippen LogP contribution is -2.55. The molecule has 4 aromatic rings. The molecule has 11 nitrogen and oxygen atoms in total. The first-order valence-corrected chi connectivity index (χ1v) is 11.2. The van der Waals surface area contributed by atoms with E-state index in [2.05, 4.69) is 20.5 Å². The summed E-state index contributed by atoms with van der Waals surface area (Å²) >= 11 is 0. The van der Waals surface area contributed by atoms with Gasteiger partial charge in [-0.1, -0.05) is 11.6 Å². The predicted octanol–water partition coefficient (Wildman–Crippen LogP) is 1.93. The van der Waals surface area contributed by atoms with E-state index in [1.807, 2.05) is 25.1 Å². The lowest BCUT2D eigenvalue weighted by molar-refractivity contribution is -0.144. The molecule has 11 heteroatoms. The molecule has 2 N–H and O–H groups in total. The number of carbonyl (C=O) groups excluding carboxylic acids is 2. The Kier molecular flexibility index (Phi) is 5.69. The average Bonchev–Trinajstić information content (AvgIpc) is 3.45. The second-order valence-corrected chi connectivity index (χ2v) is 8.55. The Bertz CT molecular complexity index is 1420. The minimum atomic E-state index is -0.638. The van der Waals surface area contributed by atoms with E-state index in [-0.39, 0.29) is 5.91 Å². The van der Waals surface area contributed by atoms with Gasteiger partial charge in [0.2, 0.25) is 5.91 Å². The third-order valence-electron chi connectivity index (χ3n) is 6.04. The number of aliphatic hydroxyl groups is 1. The van der Waals surface area contributed by atoms with Crippen LogP contribution in [0.25, 0.3) is 16.9 Å². The summed E-state index contributed by atoms with van der Waals surface area (Å²) in [6, 6.07) is 6.75. The molecule has 2 amide bonds. The number of aliphatic hydroxyl groups excluding tert-OH is 1. The highest BCUT2D eigenvalue weighted by atomic mass is 16.5. The van der Waals surface area contributed by atoms with Gasteiger partial charge in [-0.2, -0.15) is 10.2 Å². The van der Waals surface area contributed by atoms with Crippen molar-refractivity contribution in [1.82, 2.24) is 29.3 Å². The van der Waals surface area contributed by atoms with Crippen LogP contribution in [0.4, 0.5) is 5.69 Å². The molecule has 35 heavy (non-hydrogen) atoms. The Labute approximate surface area is 200 Å². The van der Waals surface area contributed by atoms with Crippen LogP contribution in [0.3, 0.4) is 0 Å². The van der Waals surface area contributed by atoms with Gasteiger partial charge in [0.05, 0.1) is 31.3 Å². The van der Waals surface area contributed by atoms with Gasteiger partial charge in [0.15, 0.2) is 5.65 Å². The monoisotopic (exact) mass is 475 g/mol. The van der Waals surface area contributed by atoms with Gasteiger partial charge in [0.1, 0.15) is 23.0 Å². The molecule has 0 bridgehead atoms. The molecule has 4 heterocycles. The van der Waals surface area contributed by atoms with E-state index in [4.69, 9.17) is 4.74 Å². The molecular weight excluding hydrogens is 450 g/mol. The Morgan fingerprint density at radius 3 is 2.83 bits per heavy atom. The quantitative estimate of drug-likeness (QED) is 0.436. The number of hydrogen-bond acceptors (Lipinski definition) is 7. The smallest absolute Gasteiger partial charge is 0.261 e. The highest BCUT2D eigenvalue weighted by Gasteiger charge is 2.33. The number of methoxy groups -OCH3 is 1. The first kappa shape index (κ1) is 22.5. The molecule has 180 valence electrons. The molecule has 0 saturated carbocycles. The number of carbonyl (C=O) groups is 2. The lowest BCUT2D eigenvalue weighted by Gasteiger charge is -2.37. The SMILES string of the molecule is COc1ccc(C)cc1-c1nn(C(C)C(=O)N2CC(O)C2)cc1NC(=O)c1cnn2cccnc12. The summed E-state index contributed by atoms with van der Waals surface area (Å²) in [4.78, 5) is 31.9. The van der Waals surface area contributed by atoms with Gasteiger partial charge in [-0.25, -0.2) is 9.50 Å². The highest BCUT2D eigenvalue weighted by Crippen LogP contribution is 2.36. The summed E-state index contributed by atoms with van der Waals surface area (Å²) in [5.41, 5.74) is 3.27. The Hall–Kier alpha value is -4.25. The van der Waals surface area contributed by atoms with Crippen LogP contribution < -0.4 is 10.1 Å². The maximum absolute atomic E-state index is 13.2. The molecule has 1 saturated heterocycles. The fraction of sp³-hybridized carbons (Fsp3) is 0.292. The van der Waals surface area contributed by atoms with Crippen LogP contribution in [0.1, 0.15) is 28.9 Å². The van der Waals surface area contributed by atoms with Crippen molar-refractivity contribution in [2.75, 3.05) is 25.5 Å². The predicted molar refractivity (Wildman–Crippen MR) is 127 cm³/mol. The van der Waals surface area contributed by atoms with E-state index in [1.165, 1.54) is 15.4 Å². The van der Waals surface area contributed by atoms with Crippen molar-refractivity contribution in [3.8, 4) is 17.0 Å². The third-order valence-corrected chi connectivity index (χ3v) is 6.04. The van der Waals surface area contributed by atoms with Gasteiger partial charge in [-0.15, -0.1) is 0 Å². The number of nitrogens with one attached hydrogen (secondary N) is 1. The molecule has 0 spiro atoms. The number of nitrogens with zero attached hydrogens (tertiary/aromatic N) is 6. The molecule has 1 aliphatic heterocycles. The van der Waals surface area contributed by atoms with Crippen LogP contribution >= 0.6 is 0 Å². The van der Waals surface area contributed by atoms with Gasteiger partial charge < -0.3 is 20.1 Å². The number of aromatic nitrogens is 5. The number of ether oxygens (including phenoxy) is 1. The fourth-order valence-electron chi connectivity index (χ4n) is 4.08. The third kappa shape index (κ3) is 4.10. The van der Waals surface area contributed by atoms with Crippen LogP contribution in [0, 0.1) is 6.92 Å². The zero-order chi connectivity index (χ0) is 24.7. The van der Waals surface area contributed by atoms with Gasteiger partial charge in [-0.05, 0) is 32.0 Å². The van der Waals surface area contributed by atoms with Gasteiger partial charge in [0, 0.05) is 31.0 Å². The number of β-amino-alcohol motifs (C(OH)–C–C–N with tert-alkyl or cyclic N) is 1. The van der Waals surface area contributed by atoms with E-state index in [0.717, 1.165) is 5.56 Å².